The number of amides is 1. The molecule has 0 saturated heterocycles. The van der Waals surface area contributed by atoms with E-state index >= 15 is 0 Å². The van der Waals surface area contributed by atoms with Gasteiger partial charge in [-0.15, -0.1) is 0 Å². The van der Waals surface area contributed by atoms with Gasteiger partial charge in [-0.05, 0) is 48.5 Å². The normalized spacial score (nSPS) is 10.3. The maximum atomic E-state index is 13.0. The molecule has 0 unspecified atom stereocenters. The van der Waals surface area contributed by atoms with Crippen molar-refractivity contribution in [3.63, 3.8) is 0 Å². The number of benzene rings is 2. The second-order valence-electron chi connectivity index (χ2n) is 5.86. The molecule has 1 amide bonds. The number of furan rings is 1. The van der Waals surface area contributed by atoms with Crippen LogP contribution in [0.5, 0.6) is 11.5 Å². The van der Waals surface area contributed by atoms with Gasteiger partial charge in [0.05, 0.1) is 19.9 Å². The number of esters is 1. The summed E-state index contributed by atoms with van der Waals surface area (Å²) in [5.74, 6) is -0.439. The summed E-state index contributed by atoms with van der Waals surface area (Å²) in [5.41, 5.74) is 1.01. The maximum Gasteiger partial charge on any atom is 0.374 e. The number of nitrogens with one attached hydrogen (secondary N) is 1. The van der Waals surface area contributed by atoms with Crippen LogP contribution < -0.4 is 14.8 Å². The molecule has 0 radical (unpaired) electrons. The smallest absolute Gasteiger partial charge is 0.374 e. The van der Waals surface area contributed by atoms with E-state index in [2.05, 4.69) is 5.32 Å². The summed E-state index contributed by atoms with van der Waals surface area (Å²) >= 11 is 0. The van der Waals surface area contributed by atoms with Crippen LogP contribution >= 0.6 is 0 Å². The summed E-state index contributed by atoms with van der Waals surface area (Å²) in [4.78, 5) is 24.2. The zero-order valence-electron chi connectivity index (χ0n) is 15.7. The van der Waals surface area contributed by atoms with Gasteiger partial charge < -0.3 is 23.9 Å². The average Bonchev–Trinajstić information content (AvgIpc) is 3.23. The molecular weight excluding hydrogens is 381 g/mol. The van der Waals surface area contributed by atoms with Gasteiger partial charge in [0.1, 0.15) is 23.1 Å². The molecule has 0 fully saturated rings. The van der Waals surface area contributed by atoms with Crippen molar-refractivity contribution >= 4 is 17.6 Å². The molecule has 3 aromatic rings. The number of halogens is 1. The Balaban J connectivity index is 1.58. The average molecular weight is 399 g/mol. The minimum absolute atomic E-state index is 0.0702. The zero-order valence-corrected chi connectivity index (χ0v) is 15.7. The fourth-order valence-corrected chi connectivity index (χ4v) is 2.51. The van der Waals surface area contributed by atoms with Crippen LogP contribution in [0.25, 0.3) is 11.3 Å². The molecule has 0 aliphatic rings. The number of anilines is 1. The van der Waals surface area contributed by atoms with Crippen molar-refractivity contribution in [2.45, 2.75) is 0 Å². The van der Waals surface area contributed by atoms with E-state index in [-0.39, 0.29) is 11.6 Å². The lowest BCUT2D eigenvalue weighted by molar-refractivity contribution is -0.119. The van der Waals surface area contributed by atoms with Crippen LogP contribution in [0.2, 0.25) is 0 Å². The first-order chi connectivity index (χ1) is 14.0. The molecule has 1 aromatic heterocycles. The van der Waals surface area contributed by atoms with Crippen molar-refractivity contribution in [2.75, 3.05) is 26.1 Å². The van der Waals surface area contributed by atoms with Crippen LogP contribution in [0, 0.1) is 5.82 Å². The van der Waals surface area contributed by atoms with Gasteiger partial charge in [0.25, 0.3) is 5.91 Å². The lowest BCUT2D eigenvalue weighted by atomic mass is 10.2. The van der Waals surface area contributed by atoms with E-state index in [1.165, 1.54) is 44.6 Å². The second-order valence-corrected chi connectivity index (χ2v) is 5.86. The molecule has 1 N–H and O–H groups in total. The molecular formula is C21H18FNO6. The highest BCUT2D eigenvalue weighted by Crippen LogP contribution is 2.29. The highest BCUT2D eigenvalue weighted by molar-refractivity contribution is 5.95. The van der Waals surface area contributed by atoms with E-state index in [4.69, 9.17) is 18.6 Å². The first-order valence-electron chi connectivity index (χ1n) is 8.55. The molecule has 150 valence electrons. The van der Waals surface area contributed by atoms with Crippen LogP contribution in [0.4, 0.5) is 10.1 Å². The molecule has 0 atom stereocenters. The van der Waals surface area contributed by atoms with E-state index in [9.17, 15) is 14.0 Å². The lowest BCUT2D eigenvalue weighted by Gasteiger charge is -2.11. The molecule has 0 saturated carbocycles. The summed E-state index contributed by atoms with van der Waals surface area (Å²) < 4.78 is 33.7. The lowest BCUT2D eigenvalue weighted by Crippen LogP contribution is -2.21. The second kappa shape index (κ2) is 8.92. The quantitative estimate of drug-likeness (QED) is 0.607. The predicted molar refractivity (Wildman–Crippen MR) is 103 cm³/mol. The van der Waals surface area contributed by atoms with Crippen molar-refractivity contribution < 1.29 is 32.6 Å². The SMILES string of the molecule is COc1ccc(NC(=O)COC(=O)c2ccc(-c3ccc(F)cc3)o2)c(OC)c1. The molecule has 0 spiro atoms. The Morgan fingerprint density at radius 1 is 1.00 bits per heavy atom. The molecule has 0 aliphatic carbocycles. The standard InChI is InChI=1S/C21H18FNO6/c1-26-15-7-8-16(19(11-15)27-2)23-20(24)12-28-21(25)18-10-9-17(29-18)13-3-5-14(22)6-4-13/h3-11H,12H2,1-2H3,(H,23,24). The van der Waals surface area contributed by atoms with Gasteiger partial charge >= 0.3 is 5.97 Å². The van der Waals surface area contributed by atoms with Crippen LogP contribution in [0.3, 0.4) is 0 Å². The minimum Gasteiger partial charge on any atom is -0.497 e. The van der Waals surface area contributed by atoms with Crippen LogP contribution in [0.15, 0.2) is 59.0 Å². The highest BCUT2D eigenvalue weighted by atomic mass is 19.1. The number of carbonyl (C=O) groups excluding carboxylic acids is 2. The summed E-state index contributed by atoms with van der Waals surface area (Å²) in [5, 5.41) is 2.59. The van der Waals surface area contributed by atoms with E-state index in [0.29, 0.717) is 28.5 Å². The number of ether oxygens (including phenoxy) is 3. The Morgan fingerprint density at radius 3 is 2.45 bits per heavy atom. The van der Waals surface area contributed by atoms with Crippen molar-refractivity contribution in [1.29, 1.82) is 0 Å². The maximum absolute atomic E-state index is 13.0. The Labute approximate surface area is 166 Å². The van der Waals surface area contributed by atoms with Crippen LogP contribution in [0.1, 0.15) is 10.6 Å². The number of carbonyl (C=O) groups is 2. The van der Waals surface area contributed by atoms with Crippen molar-refractivity contribution in [2.24, 2.45) is 0 Å². The van der Waals surface area contributed by atoms with E-state index in [1.807, 2.05) is 0 Å². The Kier molecular flexibility index (Phi) is 6.13. The third-order valence-corrected chi connectivity index (χ3v) is 3.95. The van der Waals surface area contributed by atoms with Gasteiger partial charge in [-0.2, -0.15) is 0 Å². The topological polar surface area (TPSA) is 87.0 Å². The highest BCUT2D eigenvalue weighted by Gasteiger charge is 2.16. The molecule has 0 aliphatic heterocycles. The van der Waals surface area contributed by atoms with Crippen LogP contribution in [-0.2, 0) is 9.53 Å². The number of hydrogen-bond donors (Lipinski definition) is 1. The van der Waals surface area contributed by atoms with Crippen molar-refractivity contribution in [1.82, 2.24) is 0 Å². The van der Waals surface area contributed by atoms with E-state index < -0.39 is 18.5 Å². The number of rotatable bonds is 7. The zero-order chi connectivity index (χ0) is 20.8. The monoisotopic (exact) mass is 399 g/mol. The summed E-state index contributed by atoms with van der Waals surface area (Å²) in [6.45, 7) is -0.513. The summed E-state index contributed by atoms with van der Waals surface area (Å²) in [6.07, 6.45) is 0. The molecule has 29 heavy (non-hydrogen) atoms. The number of methoxy groups -OCH3 is 2. The first kappa shape index (κ1) is 19.9. The van der Waals surface area contributed by atoms with Gasteiger partial charge in [0.2, 0.25) is 5.76 Å². The number of hydrogen-bond acceptors (Lipinski definition) is 6. The predicted octanol–water partition coefficient (Wildman–Crippen LogP) is 3.90. The van der Waals surface area contributed by atoms with Gasteiger partial charge in [0.15, 0.2) is 6.61 Å². The molecule has 8 heteroatoms. The van der Waals surface area contributed by atoms with Gasteiger partial charge in [-0.3, -0.25) is 4.79 Å². The van der Waals surface area contributed by atoms with Gasteiger partial charge in [-0.1, -0.05) is 0 Å². The molecule has 1 heterocycles. The fraction of sp³-hybridized carbons (Fsp3) is 0.143. The fourth-order valence-electron chi connectivity index (χ4n) is 2.51. The molecule has 0 bridgehead atoms. The Morgan fingerprint density at radius 2 is 1.76 bits per heavy atom. The third kappa shape index (κ3) is 4.92. The largest absolute Gasteiger partial charge is 0.497 e. The van der Waals surface area contributed by atoms with Gasteiger partial charge in [-0.25, -0.2) is 9.18 Å². The Bertz CT molecular complexity index is 1010. The molecule has 2 aromatic carbocycles. The van der Waals surface area contributed by atoms with Crippen LogP contribution in [-0.4, -0.2) is 32.7 Å². The van der Waals surface area contributed by atoms with Gasteiger partial charge in [0, 0.05) is 11.6 Å². The van der Waals surface area contributed by atoms with Crippen molar-refractivity contribution in [3.8, 4) is 22.8 Å². The minimum atomic E-state index is -0.796. The van der Waals surface area contributed by atoms with Crippen molar-refractivity contribution in [3.05, 3.63) is 66.2 Å². The van der Waals surface area contributed by atoms with E-state index in [0.717, 1.165) is 0 Å². The molecule has 3 rings (SSSR count). The molecule has 7 nitrogen and oxygen atoms in total. The third-order valence-electron chi connectivity index (χ3n) is 3.95. The first-order valence-corrected chi connectivity index (χ1v) is 8.55. The van der Waals surface area contributed by atoms with E-state index in [1.54, 1.807) is 24.3 Å². The summed E-state index contributed by atoms with van der Waals surface area (Å²) in [7, 11) is 2.97. The Hall–Kier alpha value is -3.81. The summed E-state index contributed by atoms with van der Waals surface area (Å²) in [6, 6.07) is 13.5.